The molecule has 3 heteroatoms. The second kappa shape index (κ2) is 8.06. The first-order valence-corrected chi connectivity index (χ1v) is 7.06. The molecule has 0 radical (unpaired) electrons. The monoisotopic (exact) mass is 243 g/mol. The molecule has 1 aliphatic carbocycles. The zero-order valence-electron chi connectivity index (χ0n) is 11.5. The minimum absolute atomic E-state index is 0.623. The highest BCUT2D eigenvalue weighted by Crippen LogP contribution is 2.22. The van der Waals surface area contributed by atoms with E-state index in [1.54, 1.807) is 7.11 Å². The predicted molar refractivity (Wildman–Crippen MR) is 71.2 cm³/mol. The Kier molecular flexibility index (Phi) is 7.09. The number of hydrogen-bond donors (Lipinski definition) is 2. The Morgan fingerprint density at radius 2 is 1.88 bits per heavy atom. The van der Waals surface area contributed by atoms with Crippen LogP contribution in [0.15, 0.2) is 0 Å². The first-order chi connectivity index (χ1) is 8.14. The highest BCUT2D eigenvalue weighted by atomic mass is 16.5. The lowest BCUT2D eigenvalue weighted by Crippen LogP contribution is -2.40. The molecule has 102 valence electrons. The summed E-state index contributed by atoms with van der Waals surface area (Å²) >= 11 is 0. The van der Waals surface area contributed by atoms with Crippen LogP contribution < -0.4 is 5.32 Å². The SMILES string of the molecule is COCCC(C)(O)CNCC1CCCCCC1. The zero-order valence-corrected chi connectivity index (χ0v) is 11.5. The fourth-order valence-corrected chi connectivity index (χ4v) is 2.52. The van der Waals surface area contributed by atoms with Crippen LogP contribution in [0.4, 0.5) is 0 Å². The van der Waals surface area contributed by atoms with Gasteiger partial charge in [0, 0.05) is 26.7 Å². The molecular formula is C14H29NO2. The Morgan fingerprint density at radius 1 is 1.24 bits per heavy atom. The Bertz CT molecular complexity index is 187. The van der Waals surface area contributed by atoms with Crippen LogP contribution >= 0.6 is 0 Å². The normalized spacial score (nSPS) is 22.1. The molecule has 0 bridgehead atoms. The van der Waals surface area contributed by atoms with Crippen molar-refractivity contribution in [1.82, 2.24) is 5.32 Å². The van der Waals surface area contributed by atoms with Crippen molar-refractivity contribution in [1.29, 1.82) is 0 Å². The summed E-state index contributed by atoms with van der Waals surface area (Å²) in [7, 11) is 1.68. The molecule has 0 heterocycles. The summed E-state index contributed by atoms with van der Waals surface area (Å²) in [6.45, 7) is 4.24. The molecule has 1 atom stereocenters. The van der Waals surface area contributed by atoms with Crippen LogP contribution in [0.5, 0.6) is 0 Å². The lowest BCUT2D eigenvalue weighted by atomic mass is 9.99. The molecule has 1 fully saturated rings. The minimum Gasteiger partial charge on any atom is -0.389 e. The molecule has 0 spiro atoms. The van der Waals surface area contributed by atoms with E-state index in [2.05, 4.69) is 5.32 Å². The topological polar surface area (TPSA) is 41.5 Å². The smallest absolute Gasteiger partial charge is 0.0765 e. The second-order valence-corrected chi connectivity index (χ2v) is 5.73. The molecule has 0 aromatic heterocycles. The van der Waals surface area contributed by atoms with Gasteiger partial charge in [0.05, 0.1) is 5.60 Å². The van der Waals surface area contributed by atoms with Crippen molar-refractivity contribution in [2.45, 2.75) is 57.5 Å². The van der Waals surface area contributed by atoms with Gasteiger partial charge in [-0.15, -0.1) is 0 Å². The Hall–Kier alpha value is -0.120. The summed E-state index contributed by atoms with van der Waals surface area (Å²) in [4.78, 5) is 0. The molecule has 1 saturated carbocycles. The third-order valence-electron chi connectivity index (χ3n) is 3.76. The van der Waals surface area contributed by atoms with Crippen molar-refractivity contribution >= 4 is 0 Å². The van der Waals surface area contributed by atoms with Gasteiger partial charge in [-0.25, -0.2) is 0 Å². The standard InChI is InChI=1S/C14H29NO2/c1-14(16,9-10-17-2)12-15-11-13-7-5-3-4-6-8-13/h13,15-16H,3-12H2,1-2H3. The highest BCUT2D eigenvalue weighted by Gasteiger charge is 2.20. The van der Waals surface area contributed by atoms with Crippen LogP contribution in [-0.2, 0) is 4.74 Å². The van der Waals surface area contributed by atoms with Gasteiger partial charge in [-0.3, -0.25) is 0 Å². The molecule has 1 aliphatic rings. The largest absolute Gasteiger partial charge is 0.389 e. The van der Waals surface area contributed by atoms with Gasteiger partial charge in [0.1, 0.15) is 0 Å². The van der Waals surface area contributed by atoms with Crippen LogP contribution in [0.2, 0.25) is 0 Å². The third-order valence-corrected chi connectivity index (χ3v) is 3.76. The summed E-state index contributed by atoms with van der Waals surface area (Å²) in [6, 6.07) is 0. The van der Waals surface area contributed by atoms with Crippen molar-refractivity contribution in [3.05, 3.63) is 0 Å². The maximum absolute atomic E-state index is 10.1. The molecule has 1 unspecified atom stereocenters. The average molecular weight is 243 g/mol. The van der Waals surface area contributed by atoms with Gasteiger partial charge in [-0.1, -0.05) is 25.7 Å². The van der Waals surface area contributed by atoms with Gasteiger partial charge in [0.15, 0.2) is 0 Å². The van der Waals surface area contributed by atoms with Crippen LogP contribution in [0.3, 0.4) is 0 Å². The molecule has 3 nitrogen and oxygen atoms in total. The van der Waals surface area contributed by atoms with E-state index in [4.69, 9.17) is 4.74 Å². The van der Waals surface area contributed by atoms with Crippen LogP contribution in [0.25, 0.3) is 0 Å². The van der Waals surface area contributed by atoms with E-state index < -0.39 is 5.60 Å². The molecule has 0 saturated heterocycles. The average Bonchev–Trinajstić information content (AvgIpc) is 2.55. The lowest BCUT2D eigenvalue weighted by molar-refractivity contribution is 0.0242. The number of rotatable bonds is 7. The van der Waals surface area contributed by atoms with Gasteiger partial charge >= 0.3 is 0 Å². The fraction of sp³-hybridized carbons (Fsp3) is 1.00. The Labute approximate surface area is 106 Å². The third kappa shape index (κ3) is 7.02. The molecule has 0 amide bonds. The molecule has 0 aliphatic heterocycles. The van der Waals surface area contributed by atoms with E-state index in [1.165, 1.54) is 38.5 Å². The number of nitrogens with one attached hydrogen (secondary N) is 1. The number of aliphatic hydroxyl groups is 1. The van der Waals surface area contributed by atoms with Gasteiger partial charge in [0.25, 0.3) is 0 Å². The van der Waals surface area contributed by atoms with E-state index in [0.29, 0.717) is 19.6 Å². The number of methoxy groups -OCH3 is 1. The van der Waals surface area contributed by atoms with Gasteiger partial charge in [-0.05, 0) is 32.2 Å². The first-order valence-electron chi connectivity index (χ1n) is 7.06. The molecule has 2 N–H and O–H groups in total. The maximum atomic E-state index is 10.1. The van der Waals surface area contributed by atoms with Crippen molar-refractivity contribution in [3.63, 3.8) is 0 Å². The molecule has 0 aromatic carbocycles. The van der Waals surface area contributed by atoms with E-state index in [9.17, 15) is 5.11 Å². The van der Waals surface area contributed by atoms with Crippen LogP contribution in [-0.4, -0.2) is 37.5 Å². The van der Waals surface area contributed by atoms with Crippen LogP contribution in [0, 0.1) is 5.92 Å². The van der Waals surface area contributed by atoms with Crippen molar-refractivity contribution in [3.8, 4) is 0 Å². The summed E-state index contributed by atoms with van der Waals surface area (Å²) in [6.07, 6.45) is 8.98. The number of ether oxygens (including phenoxy) is 1. The molecule has 1 rings (SSSR count). The Balaban J connectivity index is 2.12. The lowest BCUT2D eigenvalue weighted by Gasteiger charge is -2.25. The second-order valence-electron chi connectivity index (χ2n) is 5.73. The van der Waals surface area contributed by atoms with Gasteiger partial charge < -0.3 is 15.2 Å². The molecule has 17 heavy (non-hydrogen) atoms. The van der Waals surface area contributed by atoms with Gasteiger partial charge in [0.2, 0.25) is 0 Å². The maximum Gasteiger partial charge on any atom is 0.0765 e. The van der Waals surface area contributed by atoms with Crippen molar-refractivity contribution < 1.29 is 9.84 Å². The minimum atomic E-state index is -0.638. The fourth-order valence-electron chi connectivity index (χ4n) is 2.52. The summed E-state index contributed by atoms with van der Waals surface area (Å²) in [5.74, 6) is 0.815. The van der Waals surface area contributed by atoms with E-state index in [-0.39, 0.29) is 0 Å². The quantitative estimate of drug-likeness (QED) is 0.674. The van der Waals surface area contributed by atoms with E-state index in [0.717, 1.165) is 12.5 Å². The van der Waals surface area contributed by atoms with E-state index in [1.807, 2.05) is 6.92 Å². The van der Waals surface area contributed by atoms with Crippen molar-refractivity contribution in [2.24, 2.45) is 5.92 Å². The van der Waals surface area contributed by atoms with E-state index >= 15 is 0 Å². The molecule has 0 aromatic rings. The summed E-state index contributed by atoms with van der Waals surface area (Å²) in [5.41, 5.74) is -0.638. The Morgan fingerprint density at radius 3 is 2.47 bits per heavy atom. The summed E-state index contributed by atoms with van der Waals surface area (Å²) < 4.78 is 5.00. The first kappa shape index (κ1) is 14.9. The van der Waals surface area contributed by atoms with Crippen LogP contribution in [0.1, 0.15) is 51.9 Å². The van der Waals surface area contributed by atoms with Gasteiger partial charge in [-0.2, -0.15) is 0 Å². The van der Waals surface area contributed by atoms with Crippen molar-refractivity contribution in [2.75, 3.05) is 26.8 Å². The highest BCUT2D eigenvalue weighted by molar-refractivity contribution is 4.76. The summed E-state index contributed by atoms with van der Waals surface area (Å²) in [5, 5.41) is 13.5. The number of hydrogen-bond acceptors (Lipinski definition) is 3. The predicted octanol–water partition coefficient (Wildman–Crippen LogP) is 2.33. The molecular weight excluding hydrogens is 214 g/mol. The zero-order chi connectivity index (χ0) is 12.6.